The maximum Gasteiger partial charge on any atom is 0.416 e. The van der Waals surface area contributed by atoms with Gasteiger partial charge in [-0.1, -0.05) is 6.07 Å². The second kappa shape index (κ2) is 6.69. The molecule has 25 heavy (non-hydrogen) atoms. The van der Waals surface area contributed by atoms with Crippen LogP contribution in [0, 0.1) is 5.92 Å². The lowest BCUT2D eigenvalue weighted by atomic mass is 9.88. The highest BCUT2D eigenvalue weighted by Crippen LogP contribution is 2.32. The van der Waals surface area contributed by atoms with Crippen LogP contribution in [-0.2, 0) is 11.0 Å². The molecule has 2 atom stereocenters. The zero-order valence-corrected chi connectivity index (χ0v) is 14.1. The Bertz CT molecular complexity index is 675. The van der Waals surface area contributed by atoms with Gasteiger partial charge in [0, 0.05) is 38.2 Å². The Kier molecular flexibility index (Phi) is 4.75. The SMILES string of the molecule is CN1C(=O)CCC[C@@H]2CN(C(=O)c3cccc(C(F)(F)F)c3)CC[C@H]21. The van der Waals surface area contributed by atoms with E-state index in [1.54, 1.807) is 16.8 Å². The number of likely N-dealkylation sites (tertiary alicyclic amines) is 2. The van der Waals surface area contributed by atoms with Crippen molar-refractivity contribution in [2.24, 2.45) is 5.92 Å². The topological polar surface area (TPSA) is 40.6 Å². The number of piperidine rings is 1. The summed E-state index contributed by atoms with van der Waals surface area (Å²) in [6, 6.07) is 4.68. The maximum absolute atomic E-state index is 12.9. The molecule has 2 saturated heterocycles. The molecule has 0 radical (unpaired) electrons. The van der Waals surface area contributed by atoms with Crippen LogP contribution < -0.4 is 0 Å². The zero-order valence-electron chi connectivity index (χ0n) is 14.1. The minimum atomic E-state index is -4.46. The van der Waals surface area contributed by atoms with Gasteiger partial charge in [-0.05, 0) is 43.4 Å². The molecule has 2 fully saturated rings. The van der Waals surface area contributed by atoms with E-state index < -0.39 is 11.7 Å². The van der Waals surface area contributed by atoms with E-state index in [4.69, 9.17) is 0 Å². The van der Waals surface area contributed by atoms with Crippen LogP contribution >= 0.6 is 0 Å². The highest BCUT2D eigenvalue weighted by atomic mass is 19.4. The highest BCUT2D eigenvalue weighted by molar-refractivity contribution is 5.94. The van der Waals surface area contributed by atoms with Gasteiger partial charge in [0.25, 0.3) is 5.91 Å². The molecule has 1 aromatic carbocycles. The lowest BCUT2D eigenvalue weighted by Gasteiger charge is -2.41. The Morgan fingerprint density at radius 3 is 2.72 bits per heavy atom. The number of rotatable bonds is 1. The van der Waals surface area contributed by atoms with Gasteiger partial charge in [-0.2, -0.15) is 13.2 Å². The molecular formula is C18H21F3N2O2. The van der Waals surface area contributed by atoms with Gasteiger partial charge in [-0.25, -0.2) is 0 Å². The number of halogens is 3. The molecule has 136 valence electrons. The van der Waals surface area contributed by atoms with Gasteiger partial charge >= 0.3 is 6.18 Å². The minimum absolute atomic E-state index is 0.0614. The Balaban J connectivity index is 1.75. The third kappa shape index (κ3) is 3.65. The van der Waals surface area contributed by atoms with E-state index in [2.05, 4.69) is 0 Å². The van der Waals surface area contributed by atoms with Crippen LogP contribution in [0.15, 0.2) is 24.3 Å². The fraction of sp³-hybridized carbons (Fsp3) is 0.556. The van der Waals surface area contributed by atoms with Crippen molar-refractivity contribution < 1.29 is 22.8 Å². The Morgan fingerprint density at radius 2 is 2.00 bits per heavy atom. The molecule has 3 rings (SSSR count). The third-order valence-electron chi connectivity index (χ3n) is 5.27. The number of nitrogens with zero attached hydrogens (tertiary/aromatic N) is 2. The summed E-state index contributed by atoms with van der Waals surface area (Å²) in [4.78, 5) is 28.0. The third-order valence-corrected chi connectivity index (χ3v) is 5.27. The predicted octanol–water partition coefficient (Wildman–Crippen LogP) is 3.18. The average molecular weight is 354 g/mol. The monoisotopic (exact) mass is 354 g/mol. The van der Waals surface area contributed by atoms with Crippen LogP contribution in [0.25, 0.3) is 0 Å². The molecule has 0 saturated carbocycles. The summed E-state index contributed by atoms with van der Waals surface area (Å²) in [5.74, 6) is -0.0621. The summed E-state index contributed by atoms with van der Waals surface area (Å²) in [5.41, 5.74) is -0.751. The molecule has 0 bridgehead atoms. The van der Waals surface area contributed by atoms with Crippen molar-refractivity contribution in [1.29, 1.82) is 0 Å². The van der Waals surface area contributed by atoms with Crippen molar-refractivity contribution in [3.05, 3.63) is 35.4 Å². The van der Waals surface area contributed by atoms with Gasteiger partial charge in [-0.3, -0.25) is 9.59 Å². The summed E-state index contributed by atoms with van der Waals surface area (Å²) in [7, 11) is 1.80. The summed E-state index contributed by atoms with van der Waals surface area (Å²) in [6.45, 7) is 0.936. The van der Waals surface area contributed by atoms with E-state index in [0.29, 0.717) is 25.9 Å². The van der Waals surface area contributed by atoms with Crippen LogP contribution in [0.3, 0.4) is 0 Å². The van der Waals surface area contributed by atoms with Crippen molar-refractivity contribution >= 4 is 11.8 Å². The van der Waals surface area contributed by atoms with Gasteiger partial charge in [-0.15, -0.1) is 0 Å². The van der Waals surface area contributed by atoms with Gasteiger partial charge in [0.15, 0.2) is 0 Å². The number of carbonyl (C=O) groups is 2. The highest BCUT2D eigenvalue weighted by Gasteiger charge is 2.37. The van der Waals surface area contributed by atoms with Crippen molar-refractivity contribution in [1.82, 2.24) is 9.80 Å². The van der Waals surface area contributed by atoms with Crippen LogP contribution in [0.4, 0.5) is 13.2 Å². The fourth-order valence-corrected chi connectivity index (χ4v) is 3.89. The van der Waals surface area contributed by atoms with Gasteiger partial charge in [0.1, 0.15) is 0 Å². The molecular weight excluding hydrogens is 333 g/mol. The van der Waals surface area contributed by atoms with E-state index >= 15 is 0 Å². The molecule has 0 aliphatic carbocycles. The largest absolute Gasteiger partial charge is 0.416 e. The van der Waals surface area contributed by atoms with Crippen molar-refractivity contribution in [2.45, 2.75) is 37.9 Å². The standard InChI is InChI=1S/C18H21F3N2O2/c1-22-15-8-9-23(11-13(15)5-3-7-16(22)24)17(25)12-4-2-6-14(10-12)18(19,20)21/h2,4,6,10,13,15H,3,5,7-9,11H2,1H3/t13-,15-/m1/s1. The zero-order chi connectivity index (χ0) is 18.2. The van der Waals surface area contributed by atoms with E-state index in [0.717, 1.165) is 25.0 Å². The van der Waals surface area contributed by atoms with Crippen LogP contribution in [-0.4, -0.2) is 47.8 Å². The predicted molar refractivity (Wildman–Crippen MR) is 85.9 cm³/mol. The smallest absolute Gasteiger partial charge is 0.342 e. The van der Waals surface area contributed by atoms with Crippen molar-refractivity contribution in [2.75, 3.05) is 20.1 Å². The Morgan fingerprint density at radius 1 is 1.24 bits per heavy atom. The molecule has 1 aromatic rings. The molecule has 0 spiro atoms. The second-order valence-electron chi connectivity index (χ2n) is 6.84. The molecule has 2 heterocycles. The summed E-state index contributed by atoms with van der Waals surface area (Å²) < 4.78 is 38.6. The second-order valence-corrected chi connectivity index (χ2v) is 6.84. The van der Waals surface area contributed by atoms with Crippen molar-refractivity contribution in [3.8, 4) is 0 Å². The van der Waals surface area contributed by atoms with Crippen LogP contribution in [0.5, 0.6) is 0 Å². The molecule has 4 nitrogen and oxygen atoms in total. The summed E-state index contributed by atoms with van der Waals surface area (Å²) in [5, 5.41) is 0. The van der Waals surface area contributed by atoms with Crippen LogP contribution in [0.1, 0.15) is 41.6 Å². The quantitative estimate of drug-likeness (QED) is 0.777. The number of hydrogen-bond donors (Lipinski definition) is 0. The van der Waals surface area contributed by atoms with Crippen molar-refractivity contribution in [3.63, 3.8) is 0 Å². The van der Waals surface area contributed by atoms with Crippen LogP contribution in [0.2, 0.25) is 0 Å². The molecule has 0 aromatic heterocycles. The average Bonchev–Trinajstić information content (AvgIpc) is 2.72. The first kappa shape index (κ1) is 17.8. The van der Waals surface area contributed by atoms with E-state index in [1.807, 2.05) is 0 Å². The molecule has 0 N–H and O–H groups in total. The fourth-order valence-electron chi connectivity index (χ4n) is 3.89. The lowest BCUT2D eigenvalue weighted by Crippen LogP contribution is -2.51. The van der Waals surface area contributed by atoms with E-state index in [1.165, 1.54) is 12.1 Å². The van der Waals surface area contributed by atoms with Gasteiger partial charge in [0.2, 0.25) is 5.91 Å². The molecule has 2 aliphatic heterocycles. The number of hydrogen-bond acceptors (Lipinski definition) is 2. The lowest BCUT2D eigenvalue weighted by molar-refractivity contribution is -0.137. The minimum Gasteiger partial charge on any atom is -0.342 e. The molecule has 2 aliphatic rings. The number of amides is 2. The molecule has 7 heteroatoms. The van der Waals surface area contributed by atoms with E-state index in [9.17, 15) is 22.8 Å². The molecule has 0 unspecified atom stereocenters. The maximum atomic E-state index is 12.9. The normalized spacial score (nSPS) is 24.7. The first-order chi connectivity index (χ1) is 11.8. The molecule has 2 amide bonds. The number of benzene rings is 1. The first-order valence-corrected chi connectivity index (χ1v) is 8.49. The summed E-state index contributed by atoms with van der Waals surface area (Å²) in [6.07, 6.45) is -1.64. The number of carbonyl (C=O) groups excluding carboxylic acids is 2. The Hall–Kier alpha value is -2.05. The Labute approximate surface area is 144 Å². The first-order valence-electron chi connectivity index (χ1n) is 8.49. The van der Waals surface area contributed by atoms with Gasteiger partial charge < -0.3 is 9.80 Å². The number of fused-ring (bicyclic) bond motifs is 1. The van der Waals surface area contributed by atoms with Gasteiger partial charge in [0.05, 0.1) is 5.56 Å². The number of alkyl halides is 3. The van der Waals surface area contributed by atoms with E-state index in [-0.39, 0.29) is 29.3 Å². The summed E-state index contributed by atoms with van der Waals surface area (Å²) >= 11 is 0.